The number of hydrogen-bond acceptors (Lipinski definition) is 5. The number of aromatic nitrogens is 1. The Morgan fingerprint density at radius 2 is 2.26 bits per heavy atom. The van der Waals surface area contributed by atoms with Crippen molar-refractivity contribution in [2.75, 3.05) is 25.5 Å². The minimum Gasteiger partial charge on any atom is -0.391 e. The van der Waals surface area contributed by atoms with Crippen LogP contribution in [0.5, 0.6) is 0 Å². The molecule has 2 N–H and O–H groups in total. The lowest BCUT2D eigenvalue weighted by Crippen LogP contribution is -2.46. The van der Waals surface area contributed by atoms with Crippen molar-refractivity contribution in [3.8, 4) is 0 Å². The first-order chi connectivity index (χ1) is 8.96. The maximum absolute atomic E-state index is 12.5. The number of rotatable bonds is 3. The minimum absolute atomic E-state index is 0.0132. The Kier molecular flexibility index (Phi) is 4.07. The minimum atomic E-state index is -3.66. The van der Waals surface area contributed by atoms with Crippen LogP contribution in [-0.4, -0.2) is 49.1 Å². The highest BCUT2D eigenvalue weighted by molar-refractivity contribution is 7.89. The number of pyridine rings is 1. The molecule has 1 aromatic heterocycles. The average Bonchev–Trinajstić information content (AvgIpc) is 2.41. The molecule has 0 spiro atoms. The molecule has 1 aliphatic rings. The van der Waals surface area contributed by atoms with Crippen molar-refractivity contribution < 1.29 is 13.5 Å². The van der Waals surface area contributed by atoms with Crippen molar-refractivity contribution in [2.24, 2.45) is 5.92 Å². The fraction of sp³-hybridized carbons (Fsp3) is 0.583. The molecule has 1 fully saturated rings. The van der Waals surface area contributed by atoms with Crippen molar-refractivity contribution in [1.82, 2.24) is 9.29 Å². The molecule has 0 bridgehead atoms. The van der Waals surface area contributed by atoms with E-state index in [2.05, 4.69) is 10.3 Å². The number of nitrogens with zero attached hydrogens (tertiary/aromatic N) is 2. The summed E-state index contributed by atoms with van der Waals surface area (Å²) in [7, 11) is -2.01. The predicted molar refractivity (Wildman–Crippen MR) is 72.3 cm³/mol. The summed E-state index contributed by atoms with van der Waals surface area (Å²) in [4.78, 5) is 3.97. The van der Waals surface area contributed by atoms with Gasteiger partial charge in [-0.05, 0) is 24.5 Å². The number of nitrogens with one attached hydrogen (secondary N) is 1. The summed E-state index contributed by atoms with van der Waals surface area (Å²) in [5.41, 5.74) is 0.468. The van der Waals surface area contributed by atoms with Crippen molar-refractivity contribution in [2.45, 2.75) is 24.5 Å². The zero-order valence-electron chi connectivity index (χ0n) is 11.1. The molecule has 6 nitrogen and oxygen atoms in total. The Balaban J connectivity index is 2.32. The molecule has 2 atom stereocenters. The lowest BCUT2D eigenvalue weighted by Gasteiger charge is -2.33. The zero-order chi connectivity index (χ0) is 14.0. The summed E-state index contributed by atoms with van der Waals surface area (Å²) in [5.74, 6) is 0.124. The number of sulfonamides is 1. The maximum atomic E-state index is 12.5. The van der Waals surface area contributed by atoms with Crippen LogP contribution in [0.25, 0.3) is 0 Å². The van der Waals surface area contributed by atoms with Crippen LogP contribution in [0.15, 0.2) is 23.4 Å². The van der Waals surface area contributed by atoms with Gasteiger partial charge in [0.2, 0.25) is 0 Å². The fourth-order valence-electron chi connectivity index (χ4n) is 2.15. The molecule has 2 heterocycles. The van der Waals surface area contributed by atoms with Gasteiger partial charge in [0, 0.05) is 26.3 Å². The standard InChI is InChI=1S/C12H19N3O3S/c1-9-5-7-15(8-11(9)16)19(17,18)12-10(13-2)4-3-6-14-12/h3-4,6,9,11,13,16H,5,7-8H2,1-2H3. The molecule has 0 aromatic carbocycles. The summed E-state index contributed by atoms with van der Waals surface area (Å²) < 4.78 is 26.4. The Hall–Kier alpha value is -1.18. The molecule has 0 saturated carbocycles. The average molecular weight is 285 g/mol. The number of aliphatic hydroxyl groups is 1. The topological polar surface area (TPSA) is 82.5 Å². The molecule has 19 heavy (non-hydrogen) atoms. The van der Waals surface area contributed by atoms with E-state index in [4.69, 9.17) is 0 Å². The first kappa shape index (κ1) is 14.2. The summed E-state index contributed by atoms with van der Waals surface area (Å²) in [6, 6.07) is 3.35. The van der Waals surface area contributed by atoms with Gasteiger partial charge < -0.3 is 10.4 Å². The molecular formula is C12H19N3O3S. The van der Waals surface area contributed by atoms with Crippen LogP contribution in [0.2, 0.25) is 0 Å². The first-order valence-electron chi connectivity index (χ1n) is 6.28. The highest BCUT2D eigenvalue weighted by atomic mass is 32.2. The van der Waals surface area contributed by atoms with Crippen LogP contribution in [0, 0.1) is 5.92 Å². The van der Waals surface area contributed by atoms with Crippen molar-refractivity contribution in [3.05, 3.63) is 18.3 Å². The Morgan fingerprint density at radius 1 is 1.53 bits per heavy atom. The summed E-state index contributed by atoms with van der Waals surface area (Å²) in [5, 5.41) is 12.7. The third kappa shape index (κ3) is 2.72. The molecule has 2 unspecified atom stereocenters. The van der Waals surface area contributed by atoms with Gasteiger partial charge >= 0.3 is 0 Å². The molecule has 1 saturated heterocycles. The number of hydrogen-bond donors (Lipinski definition) is 2. The van der Waals surface area contributed by atoms with Crippen molar-refractivity contribution >= 4 is 15.7 Å². The van der Waals surface area contributed by atoms with Gasteiger partial charge in [0.05, 0.1) is 11.8 Å². The van der Waals surface area contributed by atoms with Gasteiger partial charge in [-0.3, -0.25) is 0 Å². The monoisotopic (exact) mass is 285 g/mol. The van der Waals surface area contributed by atoms with Crippen LogP contribution >= 0.6 is 0 Å². The molecule has 0 amide bonds. The third-order valence-electron chi connectivity index (χ3n) is 3.51. The molecule has 2 rings (SSSR count). The second-order valence-electron chi connectivity index (χ2n) is 4.80. The van der Waals surface area contributed by atoms with E-state index in [-0.39, 0.29) is 17.5 Å². The van der Waals surface area contributed by atoms with Crippen LogP contribution in [-0.2, 0) is 10.0 Å². The van der Waals surface area contributed by atoms with E-state index in [9.17, 15) is 13.5 Å². The second-order valence-corrected chi connectivity index (χ2v) is 6.66. The lowest BCUT2D eigenvalue weighted by atomic mass is 9.98. The largest absolute Gasteiger partial charge is 0.391 e. The highest BCUT2D eigenvalue weighted by Gasteiger charge is 2.34. The van der Waals surface area contributed by atoms with Crippen LogP contribution in [0.1, 0.15) is 13.3 Å². The smallest absolute Gasteiger partial charge is 0.262 e. The third-order valence-corrected chi connectivity index (χ3v) is 5.33. The van der Waals surface area contributed by atoms with Gasteiger partial charge in [0.1, 0.15) is 0 Å². The summed E-state index contributed by atoms with van der Waals surface area (Å²) in [6.45, 7) is 2.47. The van der Waals surface area contributed by atoms with Crippen LogP contribution in [0.3, 0.4) is 0 Å². The van der Waals surface area contributed by atoms with Gasteiger partial charge in [0.15, 0.2) is 5.03 Å². The van der Waals surface area contributed by atoms with Gasteiger partial charge in [0.25, 0.3) is 10.0 Å². The van der Waals surface area contributed by atoms with Gasteiger partial charge in [-0.2, -0.15) is 4.31 Å². The number of anilines is 1. The first-order valence-corrected chi connectivity index (χ1v) is 7.72. The number of β-amino-alcohol motifs (C(OH)–C–C–N with tert-alkyl or cyclic N) is 1. The van der Waals surface area contributed by atoms with Crippen molar-refractivity contribution in [3.63, 3.8) is 0 Å². The zero-order valence-corrected chi connectivity index (χ0v) is 11.9. The van der Waals surface area contributed by atoms with Crippen molar-refractivity contribution in [1.29, 1.82) is 0 Å². The Bertz CT molecular complexity index is 547. The van der Waals surface area contributed by atoms with Crippen LogP contribution in [0.4, 0.5) is 5.69 Å². The molecule has 1 aliphatic heterocycles. The van der Waals surface area contributed by atoms with Gasteiger partial charge in [-0.1, -0.05) is 6.92 Å². The van der Waals surface area contributed by atoms with E-state index in [1.807, 2.05) is 6.92 Å². The molecule has 0 aliphatic carbocycles. The second kappa shape index (κ2) is 5.44. The SMILES string of the molecule is CNc1cccnc1S(=O)(=O)N1CCC(C)C(O)C1. The lowest BCUT2D eigenvalue weighted by molar-refractivity contribution is 0.0604. The van der Waals surface area contributed by atoms with E-state index >= 15 is 0 Å². The normalized spacial score (nSPS) is 25.2. The van der Waals surface area contributed by atoms with Gasteiger partial charge in [-0.15, -0.1) is 0 Å². The molecular weight excluding hydrogens is 266 g/mol. The molecule has 7 heteroatoms. The van der Waals surface area contributed by atoms with E-state index in [0.29, 0.717) is 18.7 Å². The molecule has 0 radical (unpaired) electrons. The fourth-order valence-corrected chi connectivity index (χ4v) is 3.73. The van der Waals surface area contributed by atoms with Crippen LogP contribution < -0.4 is 5.32 Å². The maximum Gasteiger partial charge on any atom is 0.262 e. The quantitative estimate of drug-likeness (QED) is 0.846. The number of aliphatic hydroxyl groups excluding tert-OH is 1. The van der Waals surface area contributed by atoms with E-state index in [1.54, 1.807) is 19.2 Å². The Morgan fingerprint density at radius 3 is 2.89 bits per heavy atom. The van der Waals surface area contributed by atoms with E-state index in [1.165, 1.54) is 10.5 Å². The molecule has 106 valence electrons. The summed E-state index contributed by atoms with van der Waals surface area (Å²) >= 11 is 0. The predicted octanol–water partition coefficient (Wildman–Crippen LogP) is 0.515. The summed E-state index contributed by atoms with van der Waals surface area (Å²) in [6.07, 6.45) is 1.49. The molecule has 1 aromatic rings. The van der Waals surface area contributed by atoms with E-state index in [0.717, 1.165) is 0 Å². The van der Waals surface area contributed by atoms with Gasteiger partial charge in [-0.25, -0.2) is 13.4 Å². The Labute approximate surface area is 113 Å². The highest BCUT2D eigenvalue weighted by Crippen LogP contribution is 2.26. The van der Waals surface area contributed by atoms with E-state index < -0.39 is 16.1 Å². The number of piperidine rings is 1.